The van der Waals surface area contributed by atoms with Crippen molar-refractivity contribution < 1.29 is 18.0 Å². The molecule has 0 aromatic rings. The third kappa shape index (κ3) is 4.80. The lowest BCUT2D eigenvalue weighted by molar-refractivity contribution is 0.0834. The molecular formula is C13H29NO4SSi. The maximum absolute atomic E-state index is 11.4. The minimum Gasteiger partial charge on any atom is -0.415 e. The van der Waals surface area contributed by atoms with E-state index >= 15 is 0 Å². The number of nitrogens with zero attached hydrogens (tertiary/aromatic N) is 1. The molecule has 1 N–H and O–H groups in total. The number of hydrogen-bond donors (Lipinski definition) is 1. The van der Waals surface area contributed by atoms with Crippen molar-refractivity contribution in [2.45, 2.75) is 44.9 Å². The van der Waals surface area contributed by atoms with Crippen LogP contribution in [-0.2, 0) is 14.3 Å². The van der Waals surface area contributed by atoms with Crippen LogP contribution in [0.25, 0.3) is 0 Å². The van der Waals surface area contributed by atoms with Crippen molar-refractivity contribution in [3.63, 3.8) is 0 Å². The predicted molar refractivity (Wildman–Crippen MR) is 84.2 cm³/mol. The van der Waals surface area contributed by atoms with Crippen LogP contribution in [0.15, 0.2) is 0 Å². The summed E-state index contributed by atoms with van der Waals surface area (Å²) in [5, 5.41) is 9.69. The summed E-state index contributed by atoms with van der Waals surface area (Å²) in [5.41, 5.74) is 0. The Morgan fingerprint density at radius 3 is 2.15 bits per heavy atom. The van der Waals surface area contributed by atoms with Crippen molar-refractivity contribution in [2.24, 2.45) is 0 Å². The normalized spacial score (nSPS) is 22.7. The second kappa shape index (κ2) is 6.44. The van der Waals surface area contributed by atoms with Crippen molar-refractivity contribution in [3.8, 4) is 0 Å². The highest BCUT2D eigenvalue weighted by Gasteiger charge is 2.38. The molecule has 1 unspecified atom stereocenters. The van der Waals surface area contributed by atoms with E-state index in [1.54, 1.807) is 0 Å². The van der Waals surface area contributed by atoms with E-state index in [-0.39, 0.29) is 29.2 Å². The van der Waals surface area contributed by atoms with E-state index < -0.39 is 18.2 Å². The van der Waals surface area contributed by atoms with Gasteiger partial charge >= 0.3 is 0 Å². The quantitative estimate of drug-likeness (QED) is 0.768. The van der Waals surface area contributed by atoms with Crippen molar-refractivity contribution in [2.75, 3.05) is 37.8 Å². The van der Waals surface area contributed by atoms with Gasteiger partial charge in [-0.25, -0.2) is 8.42 Å². The van der Waals surface area contributed by atoms with Crippen LogP contribution in [-0.4, -0.2) is 70.6 Å². The molecule has 5 nitrogen and oxygen atoms in total. The molecule has 1 aliphatic heterocycles. The summed E-state index contributed by atoms with van der Waals surface area (Å²) in [7, 11) is -4.71. The summed E-state index contributed by atoms with van der Waals surface area (Å²) in [6, 6.07) is -0.0976. The first-order valence-electron chi connectivity index (χ1n) is 7.18. The molecule has 1 fully saturated rings. The van der Waals surface area contributed by atoms with E-state index in [9.17, 15) is 13.5 Å². The number of rotatable bonds is 5. The van der Waals surface area contributed by atoms with Gasteiger partial charge in [0.2, 0.25) is 0 Å². The van der Waals surface area contributed by atoms with Crippen LogP contribution >= 0.6 is 0 Å². The monoisotopic (exact) mass is 323 g/mol. The zero-order chi connectivity index (χ0) is 15.6. The molecule has 1 rings (SSSR count). The molecule has 0 bridgehead atoms. The van der Waals surface area contributed by atoms with E-state index in [1.807, 2.05) is 4.90 Å². The molecule has 0 amide bonds. The predicted octanol–water partition coefficient (Wildman–Crippen LogP) is 1.10. The standard InChI is InChI=1S/C13H29NO4SSi/c1-13(2,3)20(4,5)18-11-12(10-15)14-6-8-19(16,17)9-7-14/h12,15H,6-11H2,1-5H3. The SMILES string of the molecule is CC(C)(C)[Si](C)(C)OCC(CO)N1CCS(=O)(=O)CC1. The fraction of sp³-hybridized carbons (Fsp3) is 1.00. The molecule has 1 saturated heterocycles. The number of aliphatic hydroxyl groups is 1. The maximum Gasteiger partial charge on any atom is 0.192 e. The summed E-state index contributed by atoms with van der Waals surface area (Å²) < 4.78 is 29.0. The summed E-state index contributed by atoms with van der Waals surface area (Å²) in [6.07, 6.45) is 0. The van der Waals surface area contributed by atoms with Crippen LogP contribution in [0.1, 0.15) is 20.8 Å². The van der Waals surface area contributed by atoms with Gasteiger partial charge in [0.25, 0.3) is 0 Å². The van der Waals surface area contributed by atoms with Gasteiger partial charge in [-0.15, -0.1) is 0 Å². The van der Waals surface area contributed by atoms with Crippen molar-refractivity contribution in [1.29, 1.82) is 0 Å². The van der Waals surface area contributed by atoms with Gasteiger partial charge < -0.3 is 9.53 Å². The minimum atomic E-state index is -2.88. The van der Waals surface area contributed by atoms with Gasteiger partial charge in [-0.1, -0.05) is 20.8 Å². The zero-order valence-corrected chi connectivity index (χ0v) is 15.2. The average molecular weight is 324 g/mol. The van der Waals surface area contributed by atoms with Crippen molar-refractivity contribution in [3.05, 3.63) is 0 Å². The Kier molecular flexibility index (Phi) is 5.82. The lowest BCUT2D eigenvalue weighted by atomic mass is 10.2. The fourth-order valence-corrected chi connectivity index (χ4v) is 4.16. The van der Waals surface area contributed by atoms with Gasteiger partial charge in [0.05, 0.1) is 30.8 Å². The highest BCUT2D eigenvalue weighted by Crippen LogP contribution is 2.36. The fourth-order valence-electron chi connectivity index (χ4n) is 1.89. The molecule has 1 aliphatic rings. The topological polar surface area (TPSA) is 66.8 Å². The zero-order valence-electron chi connectivity index (χ0n) is 13.3. The van der Waals surface area contributed by atoms with E-state index in [0.717, 1.165) is 0 Å². The Hall–Kier alpha value is 0.0469. The minimum absolute atomic E-state index is 0.00860. The van der Waals surface area contributed by atoms with Gasteiger partial charge in [0.1, 0.15) is 0 Å². The Labute approximate surface area is 124 Å². The Bertz CT molecular complexity index is 403. The molecule has 1 atom stereocenters. The van der Waals surface area contributed by atoms with Gasteiger partial charge in [-0.2, -0.15) is 0 Å². The molecule has 0 aliphatic carbocycles. The number of hydrogen-bond acceptors (Lipinski definition) is 5. The molecule has 7 heteroatoms. The maximum atomic E-state index is 11.4. The second-order valence-electron chi connectivity index (χ2n) is 7.10. The van der Waals surface area contributed by atoms with Gasteiger partial charge in [0.15, 0.2) is 18.2 Å². The Balaban J connectivity index is 2.57. The lowest BCUT2D eigenvalue weighted by Gasteiger charge is -2.39. The van der Waals surface area contributed by atoms with E-state index in [0.29, 0.717) is 19.7 Å². The molecule has 0 radical (unpaired) electrons. The summed E-state index contributed by atoms with van der Waals surface area (Å²) in [4.78, 5) is 2.04. The van der Waals surface area contributed by atoms with Crippen LogP contribution in [0, 0.1) is 0 Å². The van der Waals surface area contributed by atoms with Gasteiger partial charge in [-0.05, 0) is 18.1 Å². The Morgan fingerprint density at radius 1 is 1.25 bits per heavy atom. The van der Waals surface area contributed by atoms with E-state index in [2.05, 4.69) is 33.9 Å². The highest BCUT2D eigenvalue weighted by atomic mass is 32.2. The Morgan fingerprint density at radius 2 is 1.75 bits per heavy atom. The molecule has 1 heterocycles. The van der Waals surface area contributed by atoms with Crippen LogP contribution < -0.4 is 0 Å². The summed E-state index contributed by atoms with van der Waals surface area (Å²) in [6.45, 7) is 12.4. The van der Waals surface area contributed by atoms with E-state index in [4.69, 9.17) is 4.43 Å². The summed E-state index contributed by atoms with van der Waals surface area (Å²) in [5.74, 6) is 0.368. The first kappa shape index (κ1) is 18.1. The molecule has 0 saturated carbocycles. The van der Waals surface area contributed by atoms with E-state index in [1.165, 1.54) is 0 Å². The largest absolute Gasteiger partial charge is 0.415 e. The molecule has 0 aromatic carbocycles. The first-order valence-corrected chi connectivity index (χ1v) is 11.9. The van der Waals surface area contributed by atoms with Gasteiger partial charge in [-0.3, -0.25) is 4.90 Å². The highest BCUT2D eigenvalue weighted by molar-refractivity contribution is 7.91. The van der Waals surface area contributed by atoms with Crippen molar-refractivity contribution in [1.82, 2.24) is 4.90 Å². The lowest BCUT2D eigenvalue weighted by Crippen LogP contribution is -2.51. The molecule has 20 heavy (non-hydrogen) atoms. The molecule has 120 valence electrons. The molecule has 0 aromatic heterocycles. The molecular weight excluding hydrogens is 294 g/mol. The van der Waals surface area contributed by atoms with Crippen LogP contribution in [0.5, 0.6) is 0 Å². The summed E-state index contributed by atoms with van der Waals surface area (Å²) >= 11 is 0. The second-order valence-corrected chi connectivity index (χ2v) is 14.2. The van der Waals surface area contributed by atoms with Crippen molar-refractivity contribution >= 4 is 18.2 Å². The smallest absolute Gasteiger partial charge is 0.192 e. The third-order valence-corrected chi connectivity index (χ3v) is 10.7. The average Bonchev–Trinajstić information content (AvgIpc) is 2.30. The van der Waals surface area contributed by atoms with Crippen LogP contribution in [0.3, 0.4) is 0 Å². The first-order chi connectivity index (χ1) is 8.98. The molecule has 0 spiro atoms. The third-order valence-electron chi connectivity index (χ3n) is 4.55. The van der Waals surface area contributed by atoms with Crippen LogP contribution in [0.4, 0.5) is 0 Å². The van der Waals surface area contributed by atoms with Crippen LogP contribution in [0.2, 0.25) is 18.1 Å². The number of sulfone groups is 1. The van der Waals surface area contributed by atoms with Gasteiger partial charge in [0, 0.05) is 13.1 Å². The number of aliphatic hydroxyl groups excluding tert-OH is 1.